The van der Waals surface area contributed by atoms with Crippen LogP contribution in [-0.2, 0) is 4.74 Å². The first-order valence-electron chi connectivity index (χ1n) is 4.53. The lowest BCUT2D eigenvalue weighted by Gasteiger charge is -2.36. The second kappa shape index (κ2) is 2.46. The average molecular weight is 156 g/mol. The molecule has 0 aromatic rings. The van der Waals surface area contributed by atoms with Gasteiger partial charge in [-0.15, -0.1) is 0 Å². The van der Waals surface area contributed by atoms with Crippen LogP contribution in [0, 0.1) is 11.3 Å². The van der Waals surface area contributed by atoms with E-state index in [0.717, 1.165) is 13.0 Å². The Hall–Kier alpha value is -0.0800. The smallest absolute Gasteiger partial charge is 0.160 e. The lowest BCUT2D eigenvalue weighted by molar-refractivity contribution is -0.119. The summed E-state index contributed by atoms with van der Waals surface area (Å²) in [4.78, 5) is 0. The molecule has 2 rings (SSSR count). The molecule has 0 radical (unpaired) electrons. The Morgan fingerprint density at radius 3 is 3.00 bits per heavy atom. The predicted octanol–water partition coefficient (Wildman–Crippen LogP) is 1.53. The van der Waals surface area contributed by atoms with E-state index in [1.165, 1.54) is 19.3 Å². The quantitative estimate of drug-likeness (QED) is 0.576. The van der Waals surface area contributed by atoms with Gasteiger partial charge in [-0.3, -0.25) is 0 Å². The van der Waals surface area contributed by atoms with Gasteiger partial charge >= 0.3 is 0 Å². The Morgan fingerprint density at radius 1 is 1.45 bits per heavy atom. The van der Waals surface area contributed by atoms with Crippen molar-refractivity contribution in [2.24, 2.45) is 11.3 Å². The van der Waals surface area contributed by atoms with Crippen LogP contribution < -0.4 is 0 Å². The van der Waals surface area contributed by atoms with Gasteiger partial charge < -0.3 is 9.84 Å². The fraction of sp³-hybridized carbons (Fsp3) is 1.00. The zero-order valence-electron chi connectivity index (χ0n) is 7.05. The van der Waals surface area contributed by atoms with Crippen LogP contribution in [-0.4, -0.2) is 18.0 Å². The first-order chi connectivity index (χ1) is 5.23. The predicted molar refractivity (Wildman–Crippen MR) is 42.0 cm³/mol. The van der Waals surface area contributed by atoms with Crippen LogP contribution in [0.25, 0.3) is 0 Å². The third-order valence-electron chi connectivity index (χ3n) is 3.47. The van der Waals surface area contributed by atoms with Gasteiger partial charge in [-0.1, -0.05) is 19.8 Å². The van der Waals surface area contributed by atoms with E-state index < -0.39 is 6.29 Å². The largest absolute Gasteiger partial charge is 0.367 e. The van der Waals surface area contributed by atoms with Crippen molar-refractivity contribution in [2.75, 3.05) is 6.61 Å². The molecule has 2 aliphatic rings. The third-order valence-corrected chi connectivity index (χ3v) is 3.47. The maximum absolute atomic E-state index is 9.56. The van der Waals surface area contributed by atoms with Crippen molar-refractivity contribution >= 4 is 0 Å². The first-order valence-corrected chi connectivity index (χ1v) is 4.53. The molecule has 0 spiro atoms. The zero-order chi connectivity index (χ0) is 7.90. The molecule has 1 aliphatic heterocycles. The maximum Gasteiger partial charge on any atom is 0.160 e. The molecule has 3 atom stereocenters. The van der Waals surface area contributed by atoms with E-state index in [1.807, 2.05) is 0 Å². The molecule has 64 valence electrons. The van der Waals surface area contributed by atoms with Crippen LogP contribution in [0.3, 0.4) is 0 Å². The number of fused-ring (bicyclic) bond motifs is 1. The molecule has 2 nitrogen and oxygen atoms in total. The standard InChI is InChI=1S/C9H16O2/c1-9-5-3-2-4-7(9)6-11-8(9)10/h7-8,10H,2-6H2,1H3. The van der Waals surface area contributed by atoms with Crippen molar-refractivity contribution in [3.63, 3.8) is 0 Å². The van der Waals surface area contributed by atoms with E-state index in [9.17, 15) is 5.11 Å². The molecule has 1 saturated carbocycles. The summed E-state index contributed by atoms with van der Waals surface area (Å²) in [7, 11) is 0. The molecule has 11 heavy (non-hydrogen) atoms. The Balaban J connectivity index is 2.16. The lowest BCUT2D eigenvalue weighted by atomic mass is 9.69. The van der Waals surface area contributed by atoms with Gasteiger partial charge in [-0.25, -0.2) is 0 Å². The van der Waals surface area contributed by atoms with Gasteiger partial charge in [0.25, 0.3) is 0 Å². The monoisotopic (exact) mass is 156 g/mol. The number of hydrogen-bond acceptors (Lipinski definition) is 2. The Labute approximate surface area is 67.6 Å². The Kier molecular flexibility index (Phi) is 1.69. The van der Waals surface area contributed by atoms with Gasteiger partial charge in [0.1, 0.15) is 0 Å². The summed E-state index contributed by atoms with van der Waals surface area (Å²) in [6.07, 6.45) is 4.46. The summed E-state index contributed by atoms with van der Waals surface area (Å²) >= 11 is 0. The van der Waals surface area contributed by atoms with E-state index >= 15 is 0 Å². The molecular formula is C9H16O2. The Bertz CT molecular complexity index is 156. The van der Waals surface area contributed by atoms with Crippen molar-refractivity contribution in [3.05, 3.63) is 0 Å². The summed E-state index contributed by atoms with van der Waals surface area (Å²) in [5.74, 6) is 0.617. The number of aliphatic hydroxyl groups excluding tert-OH is 1. The molecule has 2 fully saturated rings. The van der Waals surface area contributed by atoms with E-state index in [-0.39, 0.29) is 5.41 Å². The minimum Gasteiger partial charge on any atom is -0.367 e. The van der Waals surface area contributed by atoms with Crippen LogP contribution in [0.4, 0.5) is 0 Å². The van der Waals surface area contributed by atoms with Gasteiger partial charge in [0.15, 0.2) is 6.29 Å². The van der Waals surface area contributed by atoms with Gasteiger partial charge in [0.05, 0.1) is 6.61 Å². The minimum atomic E-state index is -0.493. The van der Waals surface area contributed by atoms with Crippen molar-refractivity contribution in [2.45, 2.75) is 38.9 Å². The van der Waals surface area contributed by atoms with Gasteiger partial charge in [0, 0.05) is 5.41 Å². The highest BCUT2D eigenvalue weighted by Gasteiger charge is 2.47. The molecule has 1 N–H and O–H groups in total. The summed E-state index contributed by atoms with van der Waals surface area (Å²) < 4.78 is 5.26. The molecular weight excluding hydrogens is 140 g/mol. The fourth-order valence-electron chi connectivity index (χ4n) is 2.43. The van der Waals surface area contributed by atoms with Crippen LogP contribution in [0.2, 0.25) is 0 Å². The normalized spacial score (nSPS) is 50.7. The second-order valence-electron chi connectivity index (χ2n) is 4.13. The van der Waals surface area contributed by atoms with Crippen LogP contribution >= 0.6 is 0 Å². The van der Waals surface area contributed by atoms with Gasteiger partial charge in [-0.05, 0) is 18.8 Å². The highest BCUT2D eigenvalue weighted by molar-refractivity contribution is 4.92. The SMILES string of the molecule is CC12CCCCC1COC2O. The number of ether oxygens (including phenoxy) is 1. The molecule has 0 aromatic carbocycles. The second-order valence-corrected chi connectivity index (χ2v) is 4.13. The summed E-state index contributed by atoms with van der Waals surface area (Å²) in [6, 6.07) is 0. The summed E-state index contributed by atoms with van der Waals surface area (Å²) in [5, 5.41) is 9.56. The number of hydrogen-bond donors (Lipinski definition) is 1. The van der Waals surface area contributed by atoms with E-state index in [1.54, 1.807) is 0 Å². The van der Waals surface area contributed by atoms with Crippen LogP contribution in [0.15, 0.2) is 0 Å². The van der Waals surface area contributed by atoms with E-state index in [4.69, 9.17) is 4.74 Å². The topological polar surface area (TPSA) is 29.5 Å². The van der Waals surface area contributed by atoms with Gasteiger partial charge in [0.2, 0.25) is 0 Å². The molecule has 0 amide bonds. The van der Waals surface area contributed by atoms with Crippen molar-refractivity contribution in [1.29, 1.82) is 0 Å². The fourth-order valence-corrected chi connectivity index (χ4v) is 2.43. The van der Waals surface area contributed by atoms with Crippen molar-refractivity contribution in [3.8, 4) is 0 Å². The number of aliphatic hydroxyl groups is 1. The first kappa shape index (κ1) is 7.56. The van der Waals surface area contributed by atoms with Crippen LogP contribution in [0.5, 0.6) is 0 Å². The molecule has 3 unspecified atom stereocenters. The highest BCUT2D eigenvalue weighted by atomic mass is 16.6. The molecule has 0 aromatic heterocycles. The zero-order valence-corrected chi connectivity index (χ0v) is 7.05. The molecule has 2 heteroatoms. The summed E-state index contributed by atoms with van der Waals surface area (Å²) in [5.41, 5.74) is 0.0816. The Morgan fingerprint density at radius 2 is 2.27 bits per heavy atom. The molecule has 1 saturated heterocycles. The minimum absolute atomic E-state index is 0.0816. The van der Waals surface area contributed by atoms with Crippen LogP contribution in [0.1, 0.15) is 32.6 Å². The lowest BCUT2D eigenvalue weighted by Crippen LogP contribution is -2.35. The van der Waals surface area contributed by atoms with Crippen molar-refractivity contribution in [1.82, 2.24) is 0 Å². The van der Waals surface area contributed by atoms with Gasteiger partial charge in [-0.2, -0.15) is 0 Å². The number of rotatable bonds is 0. The molecule has 1 heterocycles. The molecule has 1 aliphatic carbocycles. The maximum atomic E-state index is 9.56. The average Bonchev–Trinajstić information content (AvgIpc) is 2.29. The summed E-state index contributed by atoms with van der Waals surface area (Å²) in [6.45, 7) is 2.94. The van der Waals surface area contributed by atoms with E-state index in [0.29, 0.717) is 5.92 Å². The van der Waals surface area contributed by atoms with E-state index in [2.05, 4.69) is 6.92 Å². The highest BCUT2D eigenvalue weighted by Crippen LogP contribution is 2.48. The molecule has 0 bridgehead atoms. The third kappa shape index (κ3) is 1.00. The van der Waals surface area contributed by atoms with Crippen molar-refractivity contribution < 1.29 is 9.84 Å².